The van der Waals surface area contributed by atoms with Gasteiger partial charge in [0.05, 0.1) is 25.2 Å². The average molecular weight is 189 g/mol. The van der Waals surface area contributed by atoms with Crippen LogP contribution in [0.25, 0.3) is 0 Å². The van der Waals surface area contributed by atoms with Crippen molar-refractivity contribution in [3.63, 3.8) is 0 Å². The van der Waals surface area contributed by atoms with E-state index in [0.29, 0.717) is 13.0 Å². The van der Waals surface area contributed by atoms with Crippen molar-refractivity contribution in [3.05, 3.63) is 35.9 Å². The fraction of sp³-hybridized carbons (Fsp3) is 0.364. The molecule has 0 spiro atoms. The fourth-order valence-electron chi connectivity index (χ4n) is 1.44. The molecule has 3 heteroatoms. The van der Waals surface area contributed by atoms with E-state index in [0.717, 1.165) is 5.56 Å². The molecule has 3 nitrogen and oxygen atoms in total. The predicted octanol–water partition coefficient (Wildman–Crippen LogP) is 2.01. The Morgan fingerprint density at radius 3 is 2.86 bits per heavy atom. The Bertz CT molecular complexity index is 331. The molecule has 0 N–H and O–H groups in total. The Morgan fingerprint density at radius 2 is 2.14 bits per heavy atom. The van der Waals surface area contributed by atoms with Crippen molar-refractivity contribution in [2.45, 2.75) is 18.8 Å². The minimum atomic E-state index is -0.297. The Balaban J connectivity index is 2.00. The molecular weight excluding hydrogens is 178 g/mol. The highest BCUT2D eigenvalue weighted by Gasteiger charge is 2.26. The summed E-state index contributed by atoms with van der Waals surface area (Å²) in [6.45, 7) is 0.507. The van der Waals surface area contributed by atoms with Crippen LogP contribution in [0, 0.1) is 11.3 Å². The number of benzene rings is 1. The molecule has 1 heterocycles. The molecule has 1 aromatic carbocycles. The summed E-state index contributed by atoms with van der Waals surface area (Å²) in [5, 5.41) is 8.50. The van der Waals surface area contributed by atoms with Gasteiger partial charge in [0.2, 0.25) is 0 Å². The highest BCUT2D eigenvalue weighted by Crippen LogP contribution is 2.27. The monoisotopic (exact) mass is 189 g/mol. The minimum Gasteiger partial charge on any atom is -0.346 e. The second-order valence-corrected chi connectivity index (χ2v) is 3.20. The first kappa shape index (κ1) is 9.20. The van der Waals surface area contributed by atoms with Gasteiger partial charge in [-0.3, -0.25) is 0 Å². The summed E-state index contributed by atoms with van der Waals surface area (Å²) in [5.41, 5.74) is 1.01. The summed E-state index contributed by atoms with van der Waals surface area (Å²) < 4.78 is 11.0. The van der Waals surface area contributed by atoms with Gasteiger partial charge in [-0.15, -0.1) is 0 Å². The normalized spacial score (nSPS) is 25.9. The van der Waals surface area contributed by atoms with Crippen molar-refractivity contribution >= 4 is 0 Å². The highest BCUT2D eigenvalue weighted by atomic mass is 16.7. The first-order valence-corrected chi connectivity index (χ1v) is 4.59. The molecule has 0 amide bonds. The number of hydrogen-bond donors (Lipinski definition) is 0. The summed E-state index contributed by atoms with van der Waals surface area (Å²) in [4.78, 5) is 0. The molecule has 2 unspecified atom stereocenters. The lowest BCUT2D eigenvalue weighted by Crippen LogP contribution is -2.07. The van der Waals surface area contributed by atoms with Crippen LogP contribution in [0.2, 0.25) is 0 Å². The van der Waals surface area contributed by atoms with Gasteiger partial charge in [0.25, 0.3) is 0 Å². The van der Waals surface area contributed by atoms with E-state index in [2.05, 4.69) is 6.07 Å². The lowest BCUT2D eigenvalue weighted by molar-refractivity contribution is -0.0592. The Labute approximate surface area is 82.9 Å². The number of nitriles is 1. The molecule has 2 rings (SSSR count). The molecule has 0 bridgehead atoms. The maximum atomic E-state index is 8.50. The van der Waals surface area contributed by atoms with Gasteiger partial charge < -0.3 is 9.47 Å². The molecule has 0 saturated carbocycles. The average Bonchev–Trinajstić information content (AvgIpc) is 2.68. The van der Waals surface area contributed by atoms with Crippen molar-refractivity contribution in [2.75, 3.05) is 6.61 Å². The molecule has 0 aromatic heterocycles. The highest BCUT2D eigenvalue weighted by molar-refractivity contribution is 5.16. The zero-order valence-corrected chi connectivity index (χ0v) is 7.72. The van der Waals surface area contributed by atoms with E-state index in [-0.39, 0.29) is 12.4 Å². The van der Waals surface area contributed by atoms with E-state index in [1.165, 1.54) is 0 Å². The molecule has 1 fully saturated rings. The van der Waals surface area contributed by atoms with Crippen LogP contribution in [0.1, 0.15) is 18.3 Å². The zero-order valence-electron chi connectivity index (χ0n) is 7.72. The first-order chi connectivity index (χ1) is 6.90. The lowest BCUT2D eigenvalue weighted by Gasteiger charge is -2.09. The smallest absolute Gasteiger partial charge is 0.184 e. The van der Waals surface area contributed by atoms with Crippen LogP contribution in [0.4, 0.5) is 0 Å². The van der Waals surface area contributed by atoms with Crippen molar-refractivity contribution in [1.82, 2.24) is 0 Å². The van der Waals surface area contributed by atoms with Crippen molar-refractivity contribution in [1.29, 1.82) is 5.26 Å². The molecule has 1 aromatic rings. The Hall–Kier alpha value is -1.37. The van der Waals surface area contributed by atoms with Gasteiger partial charge in [0.15, 0.2) is 6.29 Å². The van der Waals surface area contributed by atoms with Crippen LogP contribution in [-0.4, -0.2) is 12.7 Å². The molecule has 14 heavy (non-hydrogen) atoms. The van der Waals surface area contributed by atoms with Crippen molar-refractivity contribution in [3.8, 4) is 6.07 Å². The van der Waals surface area contributed by atoms with E-state index in [1.807, 2.05) is 30.3 Å². The Morgan fingerprint density at radius 1 is 1.36 bits per heavy atom. The van der Waals surface area contributed by atoms with Gasteiger partial charge in [-0.05, 0) is 0 Å². The predicted molar refractivity (Wildman–Crippen MR) is 50.2 cm³/mol. The van der Waals surface area contributed by atoms with Gasteiger partial charge in [-0.25, -0.2) is 0 Å². The molecule has 2 atom stereocenters. The van der Waals surface area contributed by atoms with Gasteiger partial charge in [0, 0.05) is 5.56 Å². The molecule has 0 radical (unpaired) electrons. The van der Waals surface area contributed by atoms with Gasteiger partial charge in [-0.2, -0.15) is 5.26 Å². The van der Waals surface area contributed by atoms with Crippen LogP contribution in [0.5, 0.6) is 0 Å². The van der Waals surface area contributed by atoms with E-state index in [4.69, 9.17) is 14.7 Å². The number of nitrogens with zero attached hydrogens (tertiary/aromatic N) is 1. The molecule has 72 valence electrons. The summed E-state index contributed by atoms with van der Waals surface area (Å²) in [5.74, 6) is 0. The zero-order chi connectivity index (χ0) is 9.80. The number of hydrogen-bond acceptors (Lipinski definition) is 3. The van der Waals surface area contributed by atoms with Crippen LogP contribution in [-0.2, 0) is 9.47 Å². The molecular formula is C11H11NO2. The minimum absolute atomic E-state index is 0.0785. The van der Waals surface area contributed by atoms with Crippen LogP contribution < -0.4 is 0 Å². The molecule has 1 aliphatic heterocycles. The summed E-state index contributed by atoms with van der Waals surface area (Å²) in [6.07, 6.45) is 0.0170. The third-order valence-corrected chi connectivity index (χ3v) is 2.14. The quantitative estimate of drug-likeness (QED) is 0.714. The molecule has 1 saturated heterocycles. The molecule has 1 aliphatic rings. The van der Waals surface area contributed by atoms with E-state index < -0.39 is 0 Å². The van der Waals surface area contributed by atoms with Gasteiger partial charge >= 0.3 is 0 Å². The van der Waals surface area contributed by atoms with E-state index >= 15 is 0 Å². The first-order valence-electron chi connectivity index (χ1n) is 4.59. The largest absolute Gasteiger partial charge is 0.346 e. The van der Waals surface area contributed by atoms with Gasteiger partial charge in [-0.1, -0.05) is 30.3 Å². The summed E-state index contributed by atoms with van der Waals surface area (Å²) >= 11 is 0. The fourth-order valence-corrected chi connectivity index (χ4v) is 1.44. The second-order valence-electron chi connectivity index (χ2n) is 3.20. The maximum Gasteiger partial charge on any atom is 0.184 e. The standard InChI is InChI=1S/C11H11NO2/c12-7-6-10-8-13-11(14-10)9-4-2-1-3-5-9/h1-5,10-11H,6,8H2. The number of ether oxygens (including phenoxy) is 2. The third-order valence-electron chi connectivity index (χ3n) is 2.14. The number of rotatable bonds is 2. The summed E-state index contributed by atoms with van der Waals surface area (Å²) in [6, 6.07) is 11.8. The summed E-state index contributed by atoms with van der Waals surface area (Å²) in [7, 11) is 0. The van der Waals surface area contributed by atoms with Gasteiger partial charge in [0.1, 0.15) is 0 Å². The van der Waals surface area contributed by atoms with E-state index in [9.17, 15) is 0 Å². The topological polar surface area (TPSA) is 42.2 Å². The van der Waals surface area contributed by atoms with Crippen LogP contribution >= 0.6 is 0 Å². The van der Waals surface area contributed by atoms with Crippen molar-refractivity contribution < 1.29 is 9.47 Å². The Kier molecular flexibility index (Phi) is 2.78. The third kappa shape index (κ3) is 1.92. The van der Waals surface area contributed by atoms with Crippen LogP contribution in [0.15, 0.2) is 30.3 Å². The van der Waals surface area contributed by atoms with E-state index in [1.54, 1.807) is 0 Å². The van der Waals surface area contributed by atoms with Crippen molar-refractivity contribution in [2.24, 2.45) is 0 Å². The van der Waals surface area contributed by atoms with Crippen LogP contribution in [0.3, 0.4) is 0 Å². The lowest BCUT2D eigenvalue weighted by atomic mass is 10.2. The SMILES string of the molecule is N#CCC1COC(c2ccccc2)O1. The maximum absolute atomic E-state index is 8.50. The molecule has 0 aliphatic carbocycles. The second kappa shape index (κ2) is 4.23.